The highest BCUT2D eigenvalue weighted by Gasteiger charge is 2.47. The molecule has 170 valence electrons. The fraction of sp³-hybridized carbons (Fsp3) is 0.632. The molecular formula is C19H21ClF3N3O5. The number of fused-ring (bicyclic) bond motifs is 1. The van der Waals surface area contributed by atoms with E-state index in [9.17, 15) is 18.0 Å². The minimum absolute atomic E-state index is 0.0632. The number of piperidine rings is 1. The number of hydrogen-bond donors (Lipinski definition) is 0. The van der Waals surface area contributed by atoms with Crippen molar-refractivity contribution >= 4 is 29.1 Å². The third-order valence-corrected chi connectivity index (χ3v) is 5.86. The standard InChI is InChI=1S/C19H21ClF3N3O5/c1-2-28-17(27)15-12-9-29-18(30-10-14(12)31-25-15)3-5-26(6-4-18)16-13(20)7-11(8-24-16)19(21,22)23/h7-8,12,14H,2-6,9-10H2,1H3/t12-,14-/m1/s1. The summed E-state index contributed by atoms with van der Waals surface area (Å²) in [6.45, 7) is 3.16. The van der Waals surface area contributed by atoms with Gasteiger partial charge in [-0.15, -0.1) is 0 Å². The highest BCUT2D eigenvalue weighted by molar-refractivity contribution is 6.37. The van der Waals surface area contributed by atoms with E-state index in [0.717, 1.165) is 12.3 Å². The summed E-state index contributed by atoms with van der Waals surface area (Å²) in [6, 6.07) is 0.877. The molecule has 0 N–H and O–H groups in total. The number of halogens is 4. The van der Waals surface area contributed by atoms with Crippen molar-refractivity contribution < 1.29 is 37.0 Å². The number of ether oxygens (including phenoxy) is 3. The fourth-order valence-electron chi connectivity index (χ4n) is 3.85. The third-order valence-electron chi connectivity index (χ3n) is 5.58. The number of rotatable bonds is 3. The van der Waals surface area contributed by atoms with E-state index in [1.54, 1.807) is 11.8 Å². The summed E-state index contributed by atoms with van der Waals surface area (Å²) in [7, 11) is 0. The maximum absolute atomic E-state index is 12.8. The van der Waals surface area contributed by atoms with Crippen LogP contribution in [0.2, 0.25) is 5.02 Å². The van der Waals surface area contributed by atoms with Gasteiger partial charge in [-0.25, -0.2) is 9.78 Å². The van der Waals surface area contributed by atoms with Crippen LogP contribution in [0.3, 0.4) is 0 Å². The van der Waals surface area contributed by atoms with E-state index < -0.39 is 29.6 Å². The second-order valence-corrected chi connectivity index (χ2v) is 7.90. The second kappa shape index (κ2) is 8.44. The van der Waals surface area contributed by atoms with E-state index in [1.165, 1.54) is 0 Å². The number of hydrogen-bond acceptors (Lipinski definition) is 8. The summed E-state index contributed by atoms with van der Waals surface area (Å²) >= 11 is 6.07. The molecular weight excluding hydrogens is 443 g/mol. The van der Waals surface area contributed by atoms with Crippen LogP contribution in [0.5, 0.6) is 0 Å². The van der Waals surface area contributed by atoms with Crippen LogP contribution in [0, 0.1) is 5.92 Å². The molecule has 31 heavy (non-hydrogen) atoms. The number of pyridine rings is 1. The molecule has 0 radical (unpaired) electrons. The van der Waals surface area contributed by atoms with Crippen molar-refractivity contribution in [1.29, 1.82) is 0 Å². The van der Waals surface area contributed by atoms with Crippen LogP contribution in [0.15, 0.2) is 17.4 Å². The smallest absolute Gasteiger partial charge is 0.417 e. The highest BCUT2D eigenvalue weighted by atomic mass is 35.5. The molecule has 0 unspecified atom stereocenters. The Morgan fingerprint density at radius 1 is 1.32 bits per heavy atom. The van der Waals surface area contributed by atoms with Crippen LogP contribution in [-0.2, 0) is 30.0 Å². The Labute approximate surface area is 181 Å². The van der Waals surface area contributed by atoms with Crippen LogP contribution in [0.1, 0.15) is 25.3 Å². The Hall–Kier alpha value is -2.11. The Balaban J connectivity index is 1.40. The summed E-state index contributed by atoms with van der Waals surface area (Å²) in [5, 5.41) is 3.77. The maximum Gasteiger partial charge on any atom is 0.417 e. The van der Waals surface area contributed by atoms with Gasteiger partial charge in [0.05, 0.1) is 36.3 Å². The first kappa shape index (κ1) is 22.1. The van der Waals surface area contributed by atoms with Crippen molar-refractivity contribution in [2.75, 3.05) is 37.8 Å². The predicted molar refractivity (Wildman–Crippen MR) is 103 cm³/mol. The quantitative estimate of drug-likeness (QED) is 0.637. The van der Waals surface area contributed by atoms with Gasteiger partial charge in [0.15, 0.2) is 17.6 Å². The molecule has 4 heterocycles. The van der Waals surface area contributed by atoms with Crippen LogP contribution < -0.4 is 4.90 Å². The number of esters is 1. The van der Waals surface area contributed by atoms with Crippen molar-refractivity contribution in [1.82, 2.24) is 4.98 Å². The molecule has 0 bridgehead atoms. The number of oxime groups is 1. The lowest BCUT2D eigenvalue weighted by atomic mass is 9.99. The van der Waals surface area contributed by atoms with Crippen LogP contribution in [0.25, 0.3) is 0 Å². The van der Waals surface area contributed by atoms with Crippen molar-refractivity contribution in [2.24, 2.45) is 11.1 Å². The molecule has 0 aromatic carbocycles. The van der Waals surface area contributed by atoms with Gasteiger partial charge in [0.1, 0.15) is 5.82 Å². The van der Waals surface area contributed by atoms with Gasteiger partial charge in [-0.05, 0) is 13.0 Å². The first-order valence-electron chi connectivity index (χ1n) is 9.89. The van der Waals surface area contributed by atoms with Crippen LogP contribution in [0.4, 0.5) is 19.0 Å². The van der Waals surface area contributed by atoms with E-state index in [4.69, 9.17) is 30.6 Å². The minimum atomic E-state index is -4.50. The molecule has 2 atom stereocenters. The number of nitrogens with zero attached hydrogens (tertiary/aromatic N) is 3. The second-order valence-electron chi connectivity index (χ2n) is 7.49. The number of carbonyl (C=O) groups is 1. The van der Waals surface area contributed by atoms with Crippen LogP contribution >= 0.6 is 11.6 Å². The van der Waals surface area contributed by atoms with Crippen LogP contribution in [-0.4, -0.2) is 61.5 Å². The number of anilines is 1. The summed E-state index contributed by atoms with van der Waals surface area (Å²) in [6.07, 6.45) is -3.29. The summed E-state index contributed by atoms with van der Waals surface area (Å²) < 4.78 is 55.6. The van der Waals surface area contributed by atoms with Crippen molar-refractivity contribution in [3.63, 3.8) is 0 Å². The van der Waals surface area contributed by atoms with Gasteiger partial charge in [0.25, 0.3) is 0 Å². The largest absolute Gasteiger partial charge is 0.461 e. The van der Waals surface area contributed by atoms with E-state index in [0.29, 0.717) is 25.9 Å². The average molecular weight is 464 g/mol. The fourth-order valence-corrected chi connectivity index (χ4v) is 4.14. The van der Waals surface area contributed by atoms with Gasteiger partial charge >= 0.3 is 12.1 Å². The third kappa shape index (κ3) is 4.44. The van der Waals surface area contributed by atoms with E-state index in [2.05, 4.69) is 10.1 Å². The van der Waals surface area contributed by atoms with Crippen molar-refractivity contribution in [3.05, 3.63) is 22.8 Å². The zero-order valence-electron chi connectivity index (χ0n) is 16.7. The topological polar surface area (TPSA) is 82.5 Å². The Kier molecular flexibility index (Phi) is 6.01. The predicted octanol–water partition coefficient (Wildman–Crippen LogP) is 3.03. The Morgan fingerprint density at radius 3 is 2.68 bits per heavy atom. The molecule has 2 fully saturated rings. The summed E-state index contributed by atoms with van der Waals surface area (Å²) in [4.78, 5) is 23.1. The lowest BCUT2D eigenvalue weighted by Crippen LogP contribution is -2.48. The zero-order valence-corrected chi connectivity index (χ0v) is 17.4. The SMILES string of the molecule is CCOC(=O)C1=NO[C@@H]2COC3(CCN(c4ncc(C(F)(F)F)cc4Cl)CC3)OC[C@@H]12. The first-order valence-corrected chi connectivity index (χ1v) is 10.3. The van der Waals surface area contributed by atoms with E-state index in [1.807, 2.05) is 0 Å². The van der Waals surface area contributed by atoms with E-state index >= 15 is 0 Å². The molecule has 1 aromatic rings. The Morgan fingerprint density at radius 2 is 2.03 bits per heavy atom. The lowest BCUT2D eigenvalue weighted by Gasteiger charge is -2.41. The summed E-state index contributed by atoms with van der Waals surface area (Å²) in [5.74, 6) is -1.52. The van der Waals surface area contributed by atoms with E-state index in [-0.39, 0.29) is 42.3 Å². The van der Waals surface area contributed by atoms with Gasteiger partial charge in [0.2, 0.25) is 0 Å². The van der Waals surface area contributed by atoms with Gasteiger partial charge < -0.3 is 23.9 Å². The van der Waals surface area contributed by atoms with Crippen molar-refractivity contribution in [2.45, 2.75) is 37.8 Å². The molecule has 8 nitrogen and oxygen atoms in total. The number of aromatic nitrogens is 1. The number of alkyl halides is 3. The molecule has 3 aliphatic heterocycles. The molecule has 0 aliphatic carbocycles. The molecule has 12 heteroatoms. The normalized spacial score (nSPS) is 25.5. The van der Waals surface area contributed by atoms with Gasteiger partial charge in [0, 0.05) is 32.1 Å². The molecule has 2 saturated heterocycles. The van der Waals surface area contributed by atoms with Gasteiger partial charge in [-0.1, -0.05) is 16.8 Å². The summed E-state index contributed by atoms with van der Waals surface area (Å²) in [5.41, 5.74) is -0.707. The van der Waals surface area contributed by atoms with Gasteiger partial charge in [-0.3, -0.25) is 0 Å². The Bertz CT molecular complexity index is 874. The minimum Gasteiger partial charge on any atom is -0.461 e. The average Bonchev–Trinajstić information content (AvgIpc) is 3.06. The molecule has 4 rings (SSSR count). The molecule has 1 aromatic heterocycles. The first-order chi connectivity index (χ1) is 14.7. The molecule has 0 amide bonds. The number of carbonyl (C=O) groups excluding carboxylic acids is 1. The molecule has 3 aliphatic rings. The molecule has 0 saturated carbocycles. The highest BCUT2D eigenvalue weighted by Crippen LogP contribution is 2.38. The zero-order chi connectivity index (χ0) is 22.2. The van der Waals surface area contributed by atoms with Crippen molar-refractivity contribution in [3.8, 4) is 0 Å². The maximum atomic E-state index is 12.8. The molecule has 1 spiro atoms. The monoisotopic (exact) mass is 463 g/mol. The lowest BCUT2D eigenvalue weighted by molar-refractivity contribution is -0.240. The van der Waals surface area contributed by atoms with Gasteiger partial charge in [-0.2, -0.15) is 13.2 Å².